The third kappa shape index (κ3) is 1.96. The average Bonchev–Trinajstić information content (AvgIpc) is 3.19. The Balaban J connectivity index is 1.58. The molecule has 2 saturated carbocycles. The fourth-order valence-electron chi connectivity index (χ4n) is 4.59. The minimum Gasteiger partial charge on any atom is -0.313 e. The highest BCUT2D eigenvalue weighted by atomic mass is 15.2. The highest BCUT2D eigenvalue weighted by Crippen LogP contribution is 2.51. The number of pyridine rings is 1. The van der Waals surface area contributed by atoms with Crippen LogP contribution in [0.3, 0.4) is 0 Å². The molecule has 2 aliphatic rings. The summed E-state index contributed by atoms with van der Waals surface area (Å²) in [6.45, 7) is 0. The second-order valence-corrected chi connectivity index (χ2v) is 6.64. The Bertz CT molecular complexity index is 603. The highest BCUT2D eigenvalue weighted by Gasteiger charge is 2.40. The van der Waals surface area contributed by atoms with E-state index in [9.17, 15) is 0 Å². The van der Waals surface area contributed by atoms with Crippen molar-refractivity contribution in [1.29, 1.82) is 0 Å². The second-order valence-electron chi connectivity index (χ2n) is 6.64. The molecule has 2 aromatic rings. The third-order valence-corrected chi connectivity index (χ3v) is 5.60. The summed E-state index contributed by atoms with van der Waals surface area (Å²) in [6.07, 6.45) is 11.3. The predicted octanol–water partition coefficient (Wildman–Crippen LogP) is 3.42. The van der Waals surface area contributed by atoms with Gasteiger partial charge in [-0.1, -0.05) is 12.5 Å². The summed E-state index contributed by atoms with van der Waals surface area (Å²) in [5, 5.41) is 8.02. The van der Waals surface area contributed by atoms with E-state index in [0.29, 0.717) is 6.04 Å². The molecule has 0 amide bonds. The predicted molar refractivity (Wildman–Crippen MR) is 80.5 cm³/mol. The standard InChI is InChI=1S/C17H23N3/c1-18-16(10-14-9-12-5-6-13(14)8-12)15-11-19-20-7-3-2-4-17(15)20/h2-4,7,11-14,16,18H,5-6,8-10H2,1H3. The molecule has 2 fully saturated rings. The van der Waals surface area contributed by atoms with Crippen molar-refractivity contribution in [3.63, 3.8) is 0 Å². The van der Waals surface area contributed by atoms with Crippen LogP contribution < -0.4 is 5.32 Å². The number of nitrogens with zero attached hydrogens (tertiary/aromatic N) is 2. The number of hydrogen-bond donors (Lipinski definition) is 1. The summed E-state index contributed by atoms with van der Waals surface area (Å²) in [7, 11) is 2.09. The van der Waals surface area contributed by atoms with Crippen LogP contribution >= 0.6 is 0 Å². The van der Waals surface area contributed by atoms with Gasteiger partial charge >= 0.3 is 0 Å². The molecule has 1 N–H and O–H groups in total. The second kappa shape index (κ2) is 4.88. The van der Waals surface area contributed by atoms with Gasteiger partial charge in [0.05, 0.1) is 11.7 Å². The molecule has 0 radical (unpaired) electrons. The summed E-state index contributed by atoms with van der Waals surface area (Å²) in [4.78, 5) is 0. The molecule has 4 unspecified atom stereocenters. The molecule has 2 aromatic heterocycles. The van der Waals surface area contributed by atoms with E-state index in [0.717, 1.165) is 17.8 Å². The summed E-state index contributed by atoms with van der Waals surface area (Å²) in [5.41, 5.74) is 2.60. The lowest BCUT2D eigenvalue weighted by molar-refractivity contribution is 0.284. The van der Waals surface area contributed by atoms with Crippen molar-refractivity contribution in [1.82, 2.24) is 14.9 Å². The fourth-order valence-corrected chi connectivity index (χ4v) is 4.59. The van der Waals surface area contributed by atoms with Crippen LogP contribution in [0.25, 0.3) is 5.52 Å². The van der Waals surface area contributed by atoms with Gasteiger partial charge in [0, 0.05) is 17.8 Å². The van der Waals surface area contributed by atoms with E-state index in [2.05, 4.69) is 29.6 Å². The third-order valence-electron chi connectivity index (χ3n) is 5.60. The van der Waals surface area contributed by atoms with Crippen LogP contribution in [0.2, 0.25) is 0 Å². The van der Waals surface area contributed by atoms with Crippen LogP contribution in [0.15, 0.2) is 30.6 Å². The molecule has 0 aromatic carbocycles. The van der Waals surface area contributed by atoms with Gasteiger partial charge in [-0.15, -0.1) is 0 Å². The topological polar surface area (TPSA) is 29.3 Å². The quantitative estimate of drug-likeness (QED) is 0.921. The first-order valence-electron chi connectivity index (χ1n) is 7.94. The zero-order valence-corrected chi connectivity index (χ0v) is 12.1. The maximum Gasteiger partial charge on any atom is 0.0709 e. The van der Waals surface area contributed by atoms with Gasteiger partial charge < -0.3 is 5.32 Å². The van der Waals surface area contributed by atoms with E-state index in [1.165, 1.54) is 43.2 Å². The molecule has 106 valence electrons. The van der Waals surface area contributed by atoms with Crippen LogP contribution in [0.5, 0.6) is 0 Å². The molecule has 0 saturated heterocycles. The number of nitrogens with one attached hydrogen (secondary N) is 1. The number of rotatable bonds is 4. The van der Waals surface area contributed by atoms with Gasteiger partial charge in [-0.2, -0.15) is 5.10 Å². The lowest BCUT2D eigenvalue weighted by atomic mass is 9.83. The van der Waals surface area contributed by atoms with Gasteiger partial charge in [-0.05, 0) is 62.6 Å². The monoisotopic (exact) mass is 269 g/mol. The van der Waals surface area contributed by atoms with E-state index < -0.39 is 0 Å². The van der Waals surface area contributed by atoms with E-state index >= 15 is 0 Å². The van der Waals surface area contributed by atoms with Crippen molar-refractivity contribution in [3.05, 3.63) is 36.2 Å². The highest BCUT2D eigenvalue weighted by molar-refractivity contribution is 5.54. The van der Waals surface area contributed by atoms with Crippen molar-refractivity contribution >= 4 is 5.52 Å². The maximum atomic E-state index is 4.49. The first-order valence-corrected chi connectivity index (χ1v) is 7.94. The van der Waals surface area contributed by atoms with E-state index in [1.807, 2.05) is 23.0 Å². The van der Waals surface area contributed by atoms with Crippen molar-refractivity contribution < 1.29 is 0 Å². The van der Waals surface area contributed by atoms with Gasteiger partial charge in [0.15, 0.2) is 0 Å². The van der Waals surface area contributed by atoms with Crippen molar-refractivity contribution in [2.45, 2.75) is 38.1 Å². The maximum absolute atomic E-state index is 4.49. The van der Waals surface area contributed by atoms with Gasteiger partial charge in [0.1, 0.15) is 0 Å². The minimum atomic E-state index is 0.444. The molecule has 0 aliphatic heterocycles. The first kappa shape index (κ1) is 12.4. The molecule has 4 rings (SSSR count). The molecule has 2 aliphatic carbocycles. The zero-order valence-electron chi connectivity index (χ0n) is 12.1. The Morgan fingerprint density at radius 2 is 2.30 bits per heavy atom. The Morgan fingerprint density at radius 1 is 1.35 bits per heavy atom. The van der Waals surface area contributed by atoms with Gasteiger partial charge in [-0.3, -0.25) is 0 Å². The van der Waals surface area contributed by atoms with Crippen molar-refractivity contribution in [3.8, 4) is 0 Å². The molecule has 20 heavy (non-hydrogen) atoms. The minimum absolute atomic E-state index is 0.444. The average molecular weight is 269 g/mol. The summed E-state index contributed by atoms with van der Waals surface area (Å²) in [6, 6.07) is 6.76. The van der Waals surface area contributed by atoms with E-state index in [1.54, 1.807) is 0 Å². The largest absolute Gasteiger partial charge is 0.313 e. The van der Waals surface area contributed by atoms with Crippen LogP contribution in [0, 0.1) is 17.8 Å². The van der Waals surface area contributed by atoms with Crippen molar-refractivity contribution in [2.24, 2.45) is 17.8 Å². The van der Waals surface area contributed by atoms with Gasteiger partial charge in [0.2, 0.25) is 0 Å². The van der Waals surface area contributed by atoms with Crippen LogP contribution in [-0.4, -0.2) is 16.7 Å². The molecule has 4 atom stereocenters. The number of fused-ring (bicyclic) bond motifs is 3. The Hall–Kier alpha value is -1.35. The molecule has 3 nitrogen and oxygen atoms in total. The van der Waals surface area contributed by atoms with Crippen LogP contribution in [0.4, 0.5) is 0 Å². The Morgan fingerprint density at radius 3 is 3.05 bits per heavy atom. The molecule has 0 spiro atoms. The van der Waals surface area contributed by atoms with Gasteiger partial charge in [-0.25, -0.2) is 4.52 Å². The van der Waals surface area contributed by atoms with Crippen molar-refractivity contribution in [2.75, 3.05) is 7.05 Å². The SMILES string of the molecule is CNC(CC1CC2CCC1C2)c1cnn2ccccc12. The number of hydrogen-bond acceptors (Lipinski definition) is 2. The lowest BCUT2D eigenvalue weighted by Gasteiger charge is -2.26. The molecular formula is C17H23N3. The molecule has 2 heterocycles. The van der Waals surface area contributed by atoms with Gasteiger partial charge in [0.25, 0.3) is 0 Å². The fraction of sp³-hybridized carbons (Fsp3) is 0.588. The molecule has 3 heteroatoms. The zero-order chi connectivity index (χ0) is 13.5. The molecular weight excluding hydrogens is 246 g/mol. The normalized spacial score (nSPS) is 30.1. The summed E-state index contributed by atoms with van der Waals surface area (Å²) < 4.78 is 1.99. The Labute approximate surface area is 120 Å². The van der Waals surface area contributed by atoms with E-state index in [-0.39, 0.29) is 0 Å². The van der Waals surface area contributed by atoms with E-state index in [4.69, 9.17) is 0 Å². The lowest BCUT2D eigenvalue weighted by Crippen LogP contribution is -2.22. The van der Waals surface area contributed by atoms with Crippen LogP contribution in [-0.2, 0) is 0 Å². The van der Waals surface area contributed by atoms with Crippen LogP contribution in [0.1, 0.15) is 43.7 Å². The molecule has 2 bridgehead atoms. The Kier molecular flexibility index (Phi) is 3.03. The summed E-state index contributed by atoms with van der Waals surface area (Å²) in [5.74, 6) is 2.95. The summed E-state index contributed by atoms with van der Waals surface area (Å²) >= 11 is 0. The first-order chi connectivity index (χ1) is 9.85. The smallest absolute Gasteiger partial charge is 0.0709 e. The number of aromatic nitrogens is 2.